The second kappa shape index (κ2) is 11.7. The van der Waals surface area contributed by atoms with Crippen LogP contribution in [-0.4, -0.2) is 51.2 Å². The van der Waals surface area contributed by atoms with Crippen molar-refractivity contribution in [2.75, 3.05) is 6.54 Å². The normalized spacial score (nSPS) is 17.8. The van der Waals surface area contributed by atoms with Crippen molar-refractivity contribution in [1.82, 2.24) is 20.0 Å². The second-order valence-electron chi connectivity index (χ2n) is 10.5. The number of nitrogens with one attached hydrogen (secondary N) is 1. The highest BCUT2D eigenvalue weighted by Crippen LogP contribution is 2.31. The van der Waals surface area contributed by atoms with Gasteiger partial charge in [-0.1, -0.05) is 37.5 Å². The summed E-state index contributed by atoms with van der Waals surface area (Å²) in [4.78, 5) is 40.2. The first kappa shape index (κ1) is 29.4. The van der Waals surface area contributed by atoms with Gasteiger partial charge in [0.05, 0.1) is 18.1 Å². The number of carbonyl (C=O) groups excluding carboxylic acids is 3. The van der Waals surface area contributed by atoms with Gasteiger partial charge < -0.3 is 20.4 Å². The number of amides is 3. The van der Waals surface area contributed by atoms with Crippen molar-refractivity contribution >= 4 is 45.2 Å². The number of nitrogens with zero attached hydrogens (tertiary/aromatic N) is 3. The molecular weight excluding hydrogens is 556 g/mol. The number of likely N-dealkylation sites (tertiary alicyclic amines) is 1. The fourth-order valence-corrected chi connectivity index (χ4v) is 5.60. The van der Waals surface area contributed by atoms with Gasteiger partial charge in [-0.3, -0.25) is 19.1 Å². The standard InChI is InChI=1S/C32H31F2N5O4/c1-5-7-19(6-2)20-8-10-25-24(12-20)29(31(35)41)37-39(25)16-28(40)38-15-22(34)14-26(38)32(42)36-18(4)30-17(3)23-13-21(33)9-11-27(23)43-30/h5-13,18,22,26H,1-2,14-16H2,3-4H3,(H2,35,41)(H,36,42)/t18-,22+,26-/m0/s1. The Balaban J connectivity index is 1.38. The van der Waals surface area contributed by atoms with Gasteiger partial charge in [0.2, 0.25) is 11.8 Å². The summed E-state index contributed by atoms with van der Waals surface area (Å²) in [7, 11) is 0. The Morgan fingerprint density at radius 1 is 1.21 bits per heavy atom. The fourth-order valence-electron chi connectivity index (χ4n) is 5.60. The third kappa shape index (κ3) is 5.57. The van der Waals surface area contributed by atoms with E-state index in [0.717, 1.165) is 11.1 Å². The molecule has 0 unspecified atom stereocenters. The number of alkyl halides is 1. The number of nitrogens with two attached hydrogens (primary N) is 1. The van der Waals surface area contributed by atoms with E-state index in [2.05, 4.69) is 23.6 Å². The monoisotopic (exact) mass is 587 g/mol. The van der Waals surface area contributed by atoms with Crippen LogP contribution >= 0.6 is 0 Å². The highest BCUT2D eigenvalue weighted by molar-refractivity contribution is 6.05. The van der Waals surface area contributed by atoms with Crippen molar-refractivity contribution in [3.8, 4) is 0 Å². The zero-order chi connectivity index (χ0) is 31.0. The van der Waals surface area contributed by atoms with Gasteiger partial charge in [-0.05, 0) is 55.3 Å². The Morgan fingerprint density at radius 3 is 2.67 bits per heavy atom. The number of aryl methyl sites for hydroxylation is 1. The number of furan rings is 1. The number of fused-ring (bicyclic) bond motifs is 2. The lowest BCUT2D eigenvalue weighted by atomic mass is 10.0. The van der Waals surface area contributed by atoms with Crippen LogP contribution in [0.25, 0.3) is 27.4 Å². The molecule has 0 saturated carbocycles. The molecule has 11 heteroatoms. The van der Waals surface area contributed by atoms with Gasteiger partial charge >= 0.3 is 0 Å². The number of benzene rings is 2. The van der Waals surface area contributed by atoms with Crippen molar-refractivity contribution in [1.29, 1.82) is 0 Å². The summed E-state index contributed by atoms with van der Waals surface area (Å²) < 4.78 is 35.6. The molecule has 0 radical (unpaired) electrons. The zero-order valence-electron chi connectivity index (χ0n) is 23.8. The molecule has 3 amide bonds. The van der Waals surface area contributed by atoms with Crippen LogP contribution < -0.4 is 11.1 Å². The highest BCUT2D eigenvalue weighted by atomic mass is 19.1. The Bertz CT molecular complexity index is 1820. The number of hydrogen-bond acceptors (Lipinski definition) is 5. The maximum atomic E-state index is 14.6. The van der Waals surface area contributed by atoms with Gasteiger partial charge in [0, 0.05) is 22.8 Å². The van der Waals surface area contributed by atoms with E-state index in [1.165, 1.54) is 27.8 Å². The molecule has 0 aliphatic carbocycles. The average molecular weight is 588 g/mol. The van der Waals surface area contributed by atoms with Crippen LogP contribution in [0.5, 0.6) is 0 Å². The summed E-state index contributed by atoms with van der Waals surface area (Å²) in [6.45, 7) is 10.3. The number of hydrogen-bond donors (Lipinski definition) is 2. The van der Waals surface area contributed by atoms with E-state index in [-0.39, 0.29) is 25.2 Å². The number of carbonyl (C=O) groups is 3. The summed E-state index contributed by atoms with van der Waals surface area (Å²) in [6, 6.07) is 7.66. The van der Waals surface area contributed by atoms with Gasteiger partial charge in [0.1, 0.15) is 35.9 Å². The lowest BCUT2D eigenvalue weighted by Gasteiger charge is -2.25. The molecule has 0 spiro atoms. The van der Waals surface area contributed by atoms with Crippen molar-refractivity contribution < 1.29 is 27.6 Å². The Morgan fingerprint density at radius 2 is 1.98 bits per heavy atom. The molecule has 1 fully saturated rings. The molecule has 2 aromatic heterocycles. The van der Waals surface area contributed by atoms with E-state index in [1.54, 1.807) is 50.3 Å². The van der Waals surface area contributed by atoms with Crippen LogP contribution in [0.15, 0.2) is 72.2 Å². The van der Waals surface area contributed by atoms with E-state index in [4.69, 9.17) is 10.2 Å². The molecule has 43 heavy (non-hydrogen) atoms. The number of aromatic nitrogens is 2. The Kier molecular flexibility index (Phi) is 7.99. The van der Waals surface area contributed by atoms with Gasteiger partial charge in [0.15, 0.2) is 5.69 Å². The summed E-state index contributed by atoms with van der Waals surface area (Å²) >= 11 is 0. The zero-order valence-corrected chi connectivity index (χ0v) is 23.8. The summed E-state index contributed by atoms with van der Waals surface area (Å²) in [5.41, 5.74) is 8.68. The third-order valence-electron chi connectivity index (χ3n) is 7.68. The summed E-state index contributed by atoms with van der Waals surface area (Å²) in [6.07, 6.45) is 3.43. The number of allylic oxidation sites excluding steroid dienone is 4. The first-order chi connectivity index (χ1) is 20.5. The van der Waals surface area contributed by atoms with Crippen molar-refractivity contribution in [2.45, 2.75) is 45.1 Å². The molecule has 2 aromatic carbocycles. The predicted molar refractivity (Wildman–Crippen MR) is 159 cm³/mol. The van der Waals surface area contributed by atoms with Crippen LogP contribution in [0.1, 0.15) is 46.8 Å². The second-order valence-corrected chi connectivity index (χ2v) is 10.5. The molecule has 3 N–H and O–H groups in total. The minimum atomic E-state index is -1.40. The molecule has 3 atom stereocenters. The average Bonchev–Trinajstić information content (AvgIpc) is 3.64. The summed E-state index contributed by atoms with van der Waals surface area (Å²) in [5, 5.41) is 8.12. The smallest absolute Gasteiger partial charge is 0.269 e. The van der Waals surface area contributed by atoms with Gasteiger partial charge in [-0.25, -0.2) is 8.78 Å². The number of halogens is 2. The molecule has 9 nitrogen and oxygen atoms in total. The maximum absolute atomic E-state index is 14.6. The Hall–Kier alpha value is -5.06. The molecule has 1 aliphatic heterocycles. The lowest BCUT2D eigenvalue weighted by molar-refractivity contribution is -0.139. The summed E-state index contributed by atoms with van der Waals surface area (Å²) in [5.74, 6) is -1.85. The maximum Gasteiger partial charge on any atom is 0.269 e. The predicted octanol–water partition coefficient (Wildman–Crippen LogP) is 4.90. The highest BCUT2D eigenvalue weighted by Gasteiger charge is 2.40. The number of primary amides is 1. The van der Waals surface area contributed by atoms with E-state index < -0.39 is 41.8 Å². The van der Waals surface area contributed by atoms with Gasteiger partial charge in [-0.15, -0.1) is 0 Å². The molecule has 1 saturated heterocycles. The van der Waals surface area contributed by atoms with Crippen LogP contribution in [0.3, 0.4) is 0 Å². The van der Waals surface area contributed by atoms with E-state index in [9.17, 15) is 23.2 Å². The minimum Gasteiger partial charge on any atom is -0.459 e. The fraction of sp³-hybridized carbons (Fsp3) is 0.250. The molecule has 0 bridgehead atoms. The quantitative estimate of drug-likeness (QED) is 0.270. The number of rotatable bonds is 9. The molecule has 1 aliphatic rings. The Labute approximate surface area is 246 Å². The third-order valence-corrected chi connectivity index (χ3v) is 7.68. The van der Waals surface area contributed by atoms with Gasteiger partial charge in [-0.2, -0.15) is 5.10 Å². The van der Waals surface area contributed by atoms with Crippen molar-refractivity contribution in [3.05, 3.63) is 96.2 Å². The largest absolute Gasteiger partial charge is 0.459 e. The van der Waals surface area contributed by atoms with E-state index in [1.807, 2.05) is 0 Å². The van der Waals surface area contributed by atoms with Crippen molar-refractivity contribution in [2.24, 2.45) is 5.73 Å². The topological polar surface area (TPSA) is 123 Å². The van der Waals surface area contributed by atoms with Crippen LogP contribution in [0, 0.1) is 12.7 Å². The van der Waals surface area contributed by atoms with E-state index >= 15 is 0 Å². The van der Waals surface area contributed by atoms with Crippen LogP contribution in [0.4, 0.5) is 8.78 Å². The molecule has 5 rings (SSSR count). The van der Waals surface area contributed by atoms with Gasteiger partial charge in [0.25, 0.3) is 5.91 Å². The lowest BCUT2D eigenvalue weighted by Crippen LogP contribution is -2.47. The SMILES string of the molecule is C=CC=C(C=C)c1ccc2c(c1)c(C(N)=O)nn2CC(=O)N1C[C@H](F)C[C@H]1C(=O)N[C@@H](C)c1oc2ccc(F)cc2c1C. The minimum absolute atomic E-state index is 0.0272. The van der Waals surface area contributed by atoms with Crippen molar-refractivity contribution in [3.63, 3.8) is 0 Å². The first-order valence-corrected chi connectivity index (χ1v) is 13.7. The van der Waals surface area contributed by atoms with Crippen LogP contribution in [-0.2, 0) is 16.1 Å². The molecular formula is C32H31F2N5O4. The molecule has 4 aromatic rings. The van der Waals surface area contributed by atoms with E-state index in [0.29, 0.717) is 33.2 Å². The first-order valence-electron chi connectivity index (χ1n) is 13.7. The van der Waals surface area contributed by atoms with Crippen LogP contribution in [0.2, 0.25) is 0 Å². The molecule has 222 valence electrons. The molecule has 3 heterocycles.